The van der Waals surface area contributed by atoms with Crippen molar-refractivity contribution in [3.63, 3.8) is 0 Å². The standard InChI is InChI=1S/C15H23NO2S/c1-11(2)15(13-8-5-9-19-13)16(10-14(17)18)12-6-3-4-7-12/h5,8-9,11-12,15H,3-4,6-7,10H2,1-2H3,(H,17,18). The molecular weight excluding hydrogens is 258 g/mol. The first-order valence-electron chi connectivity index (χ1n) is 7.10. The fourth-order valence-electron chi connectivity index (χ4n) is 3.18. The first-order valence-corrected chi connectivity index (χ1v) is 7.98. The average Bonchev–Trinajstić information content (AvgIpc) is 3.00. The number of nitrogens with zero attached hydrogens (tertiary/aromatic N) is 1. The van der Waals surface area contributed by atoms with Crippen molar-refractivity contribution in [2.45, 2.75) is 51.6 Å². The van der Waals surface area contributed by atoms with Crippen LogP contribution in [0, 0.1) is 5.92 Å². The molecule has 1 aromatic rings. The summed E-state index contributed by atoms with van der Waals surface area (Å²) in [6.45, 7) is 4.54. The van der Waals surface area contributed by atoms with Crippen LogP contribution in [0.15, 0.2) is 17.5 Å². The van der Waals surface area contributed by atoms with E-state index in [0.717, 1.165) is 12.8 Å². The third-order valence-corrected chi connectivity index (χ3v) is 4.88. The minimum atomic E-state index is -0.714. The molecule has 0 spiro atoms. The maximum Gasteiger partial charge on any atom is 0.317 e. The fourth-order valence-corrected chi connectivity index (χ4v) is 4.20. The highest BCUT2D eigenvalue weighted by molar-refractivity contribution is 7.10. The Bertz CT molecular complexity index is 396. The average molecular weight is 281 g/mol. The van der Waals surface area contributed by atoms with Gasteiger partial charge in [-0.1, -0.05) is 32.8 Å². The van der Waals surface area contributed by atoms with Crippen LogP contribution in [0.3, 0.4) is 0 Å². The summed E-state index contributed by atoms with van der Waals surface area (Å²) in [6, 6.07) is 4.87. The van der Waals surface area contributed by atoms with Crippen molar-refractivity contribution in [2.75, 3.05) is 6.54 Å². The molecule has 0 radical (unpaired) electrons. The van der Waals surface area contributed by atoms with E-state index in [4.69, 9.17) is 0 Å². The molecule has 0 bridgehead atoms. The lowest BCUT2D eigenvalue weighted by Gasteiger charge is -2.37. The van der Waals surface area contributed by atoms with Crippen LogP contribution in [0.4, 0.5) is 0 Å². The number of hydrogen-bond acceptors (Lipinski definition) is 3. The summed E-state index contributed by atoms with van der Waals surface area (Å²) < 4.78 is 0. The van der Waals surface area contributed by atoms with Crippen LogP contribution in [0.25, 0.3) is 0 Å². The highest BCUT2D eigenvalue weighted by atomic mass is 32.1. The van der Waals surface area contributed by atoms with Crippen molar-refractivity contribution in [1.29, 1.82) is 0 Å². The molecule has 1 saturated carbocycles. The van der Waals surface area contributed by atoms with E-state index in [-0.39, 0.29) is 12.6 Å². The molecular formula is C15H23NO2S. The second-order valence-corrected chi connectivity index (χ2v) is 6.69. The molecule has 1 heterocycles. The van der Waals surface area contributed by atoms with Gasteiger partial charge >= 0.3 is 5.97 Å². The number of aliphatic carboxylic acids is 1. The van der Waals surface area contributed by atoms with Gasteiger partial charge in [0.1, 0.15) is 0 Å². The van der Waals surface area contributed by atoms with E-state index in [9.17, 15) is 9.90 Å². The van der Waals surface area contributed by atoms with Gasteiger partial charge in [-0.2, -0.15) is 0 Å². The number of thiophene rings is 1. The lowest BCUT2D eigenvalue weighted by atomic mass is 9.98. The van der Waals surface area contributed by atoms with Crippen molar-refractivity contribution >= 4 is 17.3 Å². The van der Waals surface area contributed by atoms with Crippen LogP contribution >= 0.6 is 11.3 Å². The van der Waals surface area contributed by atoms with Crippen molar-refractivity contribution in [3.8, 4) is 0 Å². The molecule has 1 N–H and O–H groups in total. The van der Waals surface area contributed by atoms with Crippen molar-refractivity contribution < 1.29 is 9.90 Å². The van der Waals surface area contributed by atoms with Gasteiger partial charge in [-0.3, -0.25) is 9.69 Å². The second kappa shape index (κ2) is 6.53. The monoisotopic (exact) mass is 281 g/mol. The van der Waals surface area contributed by atoms with Crippen LogP contribution in [0.1, 0.15) is 50.4 Å². The Labute approximate surface area is 119 Å². The first-order chi connectivity index (χ1) is 9.09. The summed E-state index contributed by atoms with van der Waals surface area (Å²) >= 11 is 1.74. The molecule has 19 heavy (non-hydrogen) atoms. The molecule has 1 aliphatic carbocycles. The van der Waals surface area contributed by atoms with E-state index in [0.29, 0.717) is 12.0 Å². The third-order valence-electron chi connectivity index (χ3n) is 3.94. The Morgan fingerprint density at radius 2 is 2.16 bits per heavy atom. The molecule has 106 valence electrons. The Hall–Kier alpha value is -0.870. The van der Waals surface area contributed by atoms with Crippen LogP contribution < -0.4 is 0 Å². The third kappa shape index (κ3) is 3.57. The van der Waals surface area contributed by atoms with Gasteiger partial charge in [-0.25, -0.2) is 0 Å². The predicted molar refractivity (Wildman–Crippen MR) is 78.5 cm³/mol. The first kappa shape index (κ1) is 14.5. The highest BCUT2D eigenvalue weighted by Crippen LogP contribution is 2.37. The van der Waals surface area contributed by atoms with Gasteiger partial charge in [0, 0.05) is 17.0 Å². The minimum Gasteiger partial charge on any atom is -0.480 e. The van der Waals surface area contributed by atoms with E-state index >= 15 is 0 Å². The molecule has 1 atom stereocenters. The zero-order valence-corrected chi connectivity index (χ0v) is 12.5. The summed E-state index contributed by atoms with van der Waals surface area (Å²) in [5.74, 6) is -0.285. The van der Waals surface area contributed by atoms with E-state index < -0.39 is 5.97 Å². The number of rotatable bonds is 6. The Kier molecular flexibility index (Phi) is 4.99. The smallest absolute Gasteiger partial charge is 0.317 e. The van der Waals surface area contributed by atoms with Gasteiger partial charge in [0.2, 0.25) is 0 Å². The Balaban J connectivity index is 2.24. The predicted octanol–water partition coefficient (Wildman–Crippen LogP) is 3.77. The van der Waals surface area contributed by atoms with Crippen molar-refractivity contribution in [2.24, 2.45) is 5.92 Å². The summed E-state index contributed by atoms with van der Waals surface area (Å²) in [5.41, 5.74) is 0. The van der Waals surface area contributed by atoms with Crippen LogP contribution in [0.5, 0.6) is 0 Å². The molecule has 3 nitrogen and oxygen atoms in total. The zero-order valence-electron chi connectivity index (χ0n) is 11.7. The lowest BCUT2D eigenvalue weighted by Crippen LogP contribution is -2.42. The van der Waals surface area contributed by atoms with Gasteiger partial charge in [0.15, 0.2) is 0 Å². The molecule has 1 aliphatic rings. The molecule has 1 fully saturated rings. The number of carbonyl (C=O) groups is 1. The SMILES string of the molecule is CC(C)C(c1cccs1)N(CC(=O)O)C1CCCC1. The molecule has 1 aromatic heterocycles. The molecule has 0 saturated heterocycles. The molecule has 2 rings (SSSR count). The minimum absolute atomic E-state index is 0.158. The molecule has 0 amide bonds. The van der Waals surface area contributed by atoms with Crippen molar-refractivity contribution in [3.05, 3.63) is 22.4 Å². The summed E-state index contributed by atoms with van der Waals surface area (Å²) in [6.07, 6.45) is 4.75. The molecule has 1 unspecified atom stereocenters. The normalized spacial score (nSPS) is 18.3. The van der Waals surface area contributed by atoms with Crippen LogP contribution in [-0.4, -0.2) is 28.6 Å². The topological polar surface area (TPSA) is 40.5 Å². The second-order valence-electron chi connectivity index (χ2n) is 5.71. The number of hydrogen-bond donors (Lipinski definition) is 1. The van der Waals surface area contributed by atoms with Gasteiger partial charge in [0.05, 0.1) is 6.54 Å². The highest BCUT2D eigenvalue weighted by Gasteiger charge is 2.33. The largest absolute Gasteiger partial charge is 0.480 e. The fraction of sp³-hybridized carbons (Fsp3) is 0.667. The number of carboxylic acid groups (broad SMARTS) is 1. The maximum absolute atomic E-state index is 11.2. The van der Waals surface area contributed by atoms with E-state index in [1.807, 2.05) is 0 Å². The summed E-state index contributed by atoms with van der Waals surface area (Å²) in [5, 5.41) is 11.3. The quantitative estimate of drug-likeness (QED) is 0.862. The Morgan fingerprint density at radius 1 is 1.47 bits per heavy atom. The van der Waals surface area contributed by atoms with Gasteiger partial charge in [0.25, 0.3) is 0 Å². The molecule has 0 aromatic carbocycles. The number of carboxylic acids is 1. The molecule has 4 heteroatoms. The van der Waals surface area contributed by atoms with E-state index in [2.05, 4.69) is 36.3 Å². The summed E-state index contributed by atoms with van der Waals surface area (Å²) in [4.78, 5) is 14.7. The summed E-state index contributed by atoms with van der Waals surface area (Å²) in [7, 11) is 0. The van der Waals surface area contributed by atoms with Crippen LogP contribution in [0.2, 0.25) is 0 Å². The van der Waals surface area contributed by atoms with Gasteiger partial charge < -0.3 is 5.11 Å². The zero-order chi connectivity index (χ0) is 13.8. The van der Waals surface area contributed by atoms with E-state index in [1.54, 1.807) is 11.3 Å². The van der Waals surface area contributed by atoms with Crippen molar-refractivity contribution in [1.82, 2.24) is 4.90 Å². The van der Waals surface area contributed by atoms with E-state index in [1.165, 1.54) is 17.7 Å². The Morgan fingerprint density at radius 3 is 2.63 bits per heavy atom. The van der Waals surface area contributed by atoms with Crippen LogP contribution in [-0.2, 0) is 4.79 Å². The van der Waals surface area contributed by atoms with Gasteiger partial charge in [-0.15, -0.1) is 11.3 Å². The van der Waals surface area contributed by atoms with Gasteiger partial charge in [-0.05, 0) is 30.2 Å². The lowest BCUT2D eigenvalue weighted by molar-refractivity contribution is -0.140. The molecule has 0 aliphatic heterocycles. The maximum atomic E-state index is 11.2.